The number of thiophene rings is 1. The summed E-state index contributed by atoms with van der Waals surface area (Å²) in [6.07, 6.45) is 1.72. The smallest absolute Gasteiger partial charge is 0.342 e. The van der Waals surface area contributed by atoms with Crippen molar-refractivity contribution in [1.29, 1.82) is 0 Å². The van der Waals surface area contributed by atoms with E-state index in [-0.39, 0.29) is 30.3 Å². The topological polar surface area (TPSA) is 82.0 Å². The Morgan fingerprint density at radius 3 is 2.10 bits per heavy atom. The van der Waals surface area contributed by atoms with Gasteiger partial charge < -0.3 is 14.3 Å². The molecular weight excluding hydrogens is 414 g/mol. The predicted octanol–water partition coefficient (Wildman–Crippen LogP) is 5.91. The zero-order chi connectivity index (χ0) is 23.6. The van der Waals surface area contributed by atoms with Crippen molar-refractivity contribution in [1.82, 2.24) is 0 Å². The molecule has 0 saturated heterocycles. The minimum absolute atomic E-state index is 0.0424. The van der Waals surface area contributed by atoms with Gasteiger partial charge in [-0.1, -0.05) is 45.9 Å². The quantitative estimate of drug-likeness (QED) is 0.372. The highest BCUT2D eigenvalue weighted by Crippen LogP contribution is 2.40. The van der Waals surface area contributed by atoms with E-state index in [1.54, 1.807) is 20.1 Å². The first kappa shape index (κ1) is 26.2. The van der Waals surface area contributed by atoms with E-state index in [4.69, 9.17) is 14.3 Å². The fourth-order valence-corrected chi connectivity index (χ4v) is 3.99. The molecule has 2 aromatic rings. The van der Waals surface area contributed by atoms with Crippen LogP contribution >= 0.6 is 11.3 Å². The molecule has 0 N–H and O–H groups in total. The van der Waals surface area contributed by atoms with Crippen molar-refractivity contribution < 1.29 is 23.9 Å². The number of esters is 2. The monoisotopic (exact) mass is 445 g/mol. The molecule has 0 radical (unpaired) electrons. The van der Waals surface area contributed by atoms with Gasteiger partial charge >= 0.3 is 11.9 Å². The summed E-state index contributed by atoms with van der Waals surface area (Å²) in [7, 11) is 0. The van der Waals surface area contributed by atoms with Crippen LogP contribution in [0.4, 0.5) is 5.00 Å². The van der Waals surface area contributed by atoms with Crippen LogP contribution < -0.4 is 0 Å². The maximum Gasteiger partial charge on any atom is 0.342 e. The van der Waals surface area contributed by atoms with Crippen LogP contribution in [0.2, 0.25) is 0 Å². The molecule has 0 unspecified atom stereocenters. The number of carbonyl (C=O) groups excluding carboxylic acids is 3. The molecule has 0 aliphatic carbocycles. The van der Waals surface area contributed by atoms with Crippen molar-refractivity contribution in [2.75, 3.05) is 13.2 Å². The second-order valence-corrected chi connectivity index (χ2v) is 8.23. The number of ether oxygens (including phenoxy) is 2. The summed E-state index contributed by atoms with van der Waals surface area (Å²) in [6, 6.07) is 8.10. The summed E-state index contributed by atoms with van der Waals surface area (Å²) in [4.78, 5) is 38.7. The Labute approximate surface area is 188 Å². The number of hydrogen-bond donors (Lipinski definition) is 0. The Balaban J connectivity index is 0.00000233. The Morgan fingerprint density at radius 2 is 1.58 bits per heavy atom. The van der Waals surface area contributed by atoms with Gasteiger partial charge in [-0.3, -0.25) is 0 Å². The van der Waals surface area contributed by atoms with Gasteiger partial charge in [-0.25, -0.2) is 14.6 Å². The zero-order valence-electron chi connectivity index (χ0n) is 19.1. The van der Waals surface area contributed by atoms with Crippen LogP contribution in [0.5, 0.6) is 0 Å². The van der Waals surface area contributed by atoms with E-state index < -0.39 is 11.9 Å². The third-order valence-electron chi connectivity index (χ3n) is 4.31. The average Bonchev–Trinajstić information content (AvgIpc) is 3.14. The van der Waals surface area contributed by atoms with Crippen molar-refractivity contribution in [2.45, 2.75) is 53.4 Å². The van der Waals surface area contributed by atoms with E-state index in [2.05, 4.69) is 31.0 Å². The number of rotatable bonds is 8. The number of nitrogens with zero attached hydrogens (tertiary/aromatic N) is 1. The minimum atomic E-state index is -0.554. The zero-order valence-corrected chi connectivity index (χ0v) is 19.9. The second-order valence-electron chi connectivity index (χ2n) is 7.20. The molecule has 31 heavy (non-hydrogen) atoms. The van der Waals surface area contributed by atoms with E-state index in [0.717, 1.165) is 10.4 Å². The molecule has 168 valence electrons. The summed E-state index contributed by atoms with van der Waals surface area (Å²) in [5.41, 5.74) is 2.60. The number of carbonyl (C=O) groups is 3. The summed E-state index contributed by atoms with van der Waals surface area (Å²) < 4.78 is 10.4. The van der Waals surface area contributed by atoms with Crippen molar-refractivity contribution in [3.8, 4) is 0 Å². The molecule has 7 heteroatoms. The lowest BCUT2D eigenvalue weighted by Gasteiger charge is -2.08. The van der Waals surface area contributed by atoms with Gasteiger partial charge in [-0.15, -0.1) is 11.3 Å². The number of aliphatic imine (C=N–C) groups is 1. The predicted molar refractivity (Wildman–Crippen MR) is 125 cm³/mol. The van der Waals surface area contributed by atoms with Gasteiger partial charge in [0, 0.05) is 11.1 Å². The lowest BCUT2D eigenvalue weighted by molar-refractivity contribution is -0.0980. The Bertz CT molecular complexity index is 915. The first-order valence-electron chi connectivity index (χ1n) is 10.2. The Morgan fingerprint density at radius 1 is 1.00 bits per heavy atom. The molecule has 1 heterocycles. The van der Waals surface area contributed by atoms with Crippen molar-refractivity contribution in [3.63, 3.8) is 0 Å². The molecule has 1 aromatic heterocycles. The van der Waals surface area contributed by atoms with Gasteiger partial charge in [0.05, 0.1) is 18.8 Å². The van der Waals surface area contributed by atoms with E-state index in [0.29, 0.717) is 10.9 Å². The highest BCUT2D eigenvalue weighted by molar-refractivity contribution is 7.16. The Kier molecular flexibility index (Phi) is 10.8. The van der Waals surface area contributed by atoms with Gasteiger partial charge in [-0.05, 0) is 42.9 Å². The van der Waals surface area contributed by atoms with Crippen LogP contribution in [0.3, 0.4) is 0 Å². The normalized spacial score (nSPS) is 10.8. The SMILES string of the molecule is C=O.CCOC(=O)c1c(/N=C/c2cccc(C(C)C)c2)sc(C(C)C)c1C(=O)OCC. The van der Waals surface area contributed by atoms with E-state index in [1.807, 2.05) is 32.8 Å². The van der Waals surface area contributed by atoms with Gasteiger partial charge in [0.1, 0.15) is 17.4 Å². The van der Waals surface area contributed by atoms with E-state index in [9.17, 15) is 9.59 Å². The standard InChI is InChI=1S/C23H29NO4S.CH2O/c1-7-27-22(25)18-19(23(26)28-8-2)21(29-20(18)15(5)6)24-13-16-10-9-11-17(12-16)14(3)4;1-2/h9-15H,7-8H2,1-6H3;1H2/b24-13+;. The van der Waals surface area contributed by atoms with Crippen molar-refractivity contribution in [3.05, 3.63) is 51.4 Å². The van der Waals surface area contributed by atoms with Crippen LogP contribution in [0, 0.1) is 0 Å². The molecule has 0 fully saturated rings. The van der Waals surface area contributed by atoms with Gasteiger partial charge in [0.25, 0.3) is 0 Å². The molecule has 0 aliphatic rings. The summed E-state index contributed by atoms with van der Waals surface area (Å²) in [5, 5.41) is 0.463. The first-order chi connectivity index (χ1) is 14.8. The molecular formula is C24H31NO5S. The Hall–Kier alpha value is -2.80. The van der Waals surface area contributed by atoms with Crippen LogP contribution in [-0.2, 0) is 14.3 Å². The highest BCUT2D eigenvalue weighted by atomic mass is 32.1. The van der Waals surface area contributed by atoms with Crippen LogP contribution in [0.15, 0.2) is 29.3 Å². The second kappa shape index (κ2) is 12.8. The van der Waals surface area contributed by atoms with E-state index >= 15 is 0 Å². The van der Waals surface area contributed by atoms with Crippen LogP contribution in [0.1, 0.15) is 90.1 Å². The fraction of sp³-hybridized carbons (Fsp3) is 0.417. The number of benzene rings is 1. The van der Waals surface area contributed by atoms with Crippen LogP contribution in [-0.4, -0.2) is 38.2 Å². The third kappa shape index (κ3) is 6.85. The molecule has 1 aromatic carbocycles. The van der Waals surface area contributed by atoms with Gasteiger partial charge in [0.15, 0.2) is 0 Å². The van der Waals surface area contributed by atoms with E-state index in [1.165, 1.54) is 16.9 Å². The lowest BCUT2D eigenvalue weighted by Crippen LogP contribution is -2.14. The first-order valence-corrected chi connectivity index (χ1v) is 11.1. The largest absolute Gasteiger partial charge is 0.462 e. The highest BCUT2D eigenvalue weighted by Gasteiger charge is 2.31. The average molecular weight is 446 g/mol. The van der Waals surface area contributed by atoms with Crippen molar-refractivity contribution in [2.24, 2.45) is 4.99 Å². The molecule has 0 bridgehead atoms. The molecule has 0 aliphatic heterocycles. The summed E-state index contributed by atoms with van der Waals surface area (Å²) in [5.74, 6) is -0.621. The summed E-state index contributed by atoms with van der Waals surface area (Å²) in [6.45, 7) is 14.1. The maximum atomic E-state index is 12.7. The summed E-state index contributed by atoms with van der Waals surface area (Å²) >= 11 is 1.33. The molecule has 0 atom stereocenters. The minimum Gasteiger partial charge on any atom is -0.462 e. The number of hydrogen-bond acceptors (Lipinski definition) is 7. The molecule has 0 spiro atoms. The van der Waals surface area contributed by atoms with Crippen molar-refractivity contribution >= 4 is 41.3 Å². The fourth-order valence-electron chi connectivity index (χ4n) is 2.86. The molecule has 6 nitrogen and oxygen atoms in total. The third-order valence-corrected chi connectivity index (χ3v) is 5.71. The van der Waals surface area contributed by atoms with Gasteiger partial charge in [0.2, 0.25) is 0 Å². The maximum absolute atomic E-state index is 12.7. The van der Waals surface area contributed by atoms with Crippen LogP contribution in [0.25, 0.3) is 0 Å². The van der Waals surface area contributed by atoms with Gasteiger partial charge in [-0.2, -0.15) is 0 Å². The molecule has 0 saturated carbocycles. The lowest BCUT2D eigenvalue weighted by atomic mass is 10.0. The molecule has 0 amide bonds. The molecule has 2 rings (SSSR count).